The summed E-state index contributed by atoms with van der Waals surface area (Å²) in [6.45, 7) is 0.330. The van der Waals surface area contributed by atoms with Gasteiger partial charge < -0.3 is 11.1 Å². The molecule has 3 aromatic rings. The summed E-state index contributed by atoms with van der Waals surface area (Å²) in [5.41, 5.74) is 8.22. The van der Waals surface area contributed by atoms with E-state index in [2.05, 4.69) is 30.8 Å². The molecule has 5 N–H and O–H groups in total. The molecule has 5 rings (SSSR count). The molecule has 3 heterocycles. The fraction of sp³-hybridized carbons (Fsp3) is 0.333. The van der Waals surface area contributed by atoms with Gasteiger partial charge in [-0.15, -0.1) is 0 Å². The zero-order valence-electron chi connectivity index (χ0n) is 18.6. The van der Waals surface area contributed by atoms with Crippen LogP contribution in [0.5, 0.6) is 0 Å². The highest BCUT2D eigenvalue weighted by Gasteiger charge is 2.39. The second kappa shape index (κ2) is 9.14. The average Bonchev–Trinajstić information content (AvgIpc) is 3.19. The van der Waals surface area contributed by atoms with Gasteiger partial charge in [0.05, 0.1) is 16.9 Å². The topological polar surface area (TPSA) is 121 Å². The van der Waals surface area contributed by atoms with E-state index in [9.17, 15) is 18.0 Å². The predicted octanol–water partition coefficient (Wildman–Crippen LogP) is 3.48. The minimum Gasteiger partial charge on any atom is -0.384 e. The summed E-state index contributed by atoms with van der Waals surface area (Å²) >= 11 is 0. The Hall–Kier alpha value is -3.73. The van der Waals surface area contributed by atoms with Crippen LogP contribution in [0.4, 0.5) is 19.0 Å². The van der Waals surface area contributed by atoms with E-state index in [1.165, 1.54) is 0 Å². The molecule has 1 aliphatic carbocycles. The number of aromatic amines is 1. The number of pyridine rings is 1. The lowest BCUT2D eigenvalue weighted by molar-refractivity contribution is -0.125. The first kappa shape index (κ1) is 23.0. The molecule has 1 aliphatic heterocycles. The summed E-state index contributed by atoms with van der Waals surface area (Å²) in [6.07, 6.45) is 0.812. The number of dihydropyridines is 1. The van der Waals surface area contributed by atoms with Gasteiger partial charge in [0.15, 0.2) is 5.65 Å². The second-order valence-electron chi connectivity index (χ2n) is 8.82. The molecule has 2 aromatic heterocycles. The van der Waals surface area contributed by atoms with E-state index in [1.807, 2.05) is 30.3 Å². The molecule has 1 amide bonds. The number of allylic oxidation sites excluding steroid dienone is 1. The normalized spacial score (nSPS) is 20.5. The van der Waals surface area contributed by atoms with Crippen LogP contribution < -0.4 is 16.4 Å². The van der Waals surface area contributed by atoms with Crippen LogP contribution in [0, 0.1) is 5.92 Å². The summed E-state index contributed by atoms with van der Waals surface area (Å²) in [5.74, 6) is -1.04. The number of halogens is 3. The number of aromatic nitrogens is 3. The molecule has 1 saturated carbocycles. The molecule has 2 aliphatic rings. The first-order valence-corrected chi connectivity index (χ1v) is 11.3. The first-order valence-electron chi connectivity index (χ1n) is 11.3. The minimum atomic E-state index is -4.56. The number of amides is 1. The molecular formula is C24H24F3N7O. The van der Waals surface area contributed by atoms with Gasteiger partial charge in [0, 0.05) is 30.6 Å². The number of nitrogen functional groups attached to an aromatic ring is 1. The van der Waals surface area contributed by atoms with Crippen molar-refractivity contribution < 1.29 is 18.0 Å². The van der Waals surface area contributed by atoms with E-state index in [4.69, 9.17) is 5.73 Å². The number of nitrogens with two attached hydrogens (primary N) is 1. The van der Waals surface area contributed by atoms with E-state index in [1.54, 1.807) is 6.20 Å². The number of alkyl halides is 3. The van der Waals surface area contributed by atoms with Crippen LogP contribution in [-0.2, 0) is 11.3 Å². The van der Waals surface area contributed by atoms with Crippen molar-refractivity contribution in [2.45, 2.75) is 44.2 Å². The summed E-state index contributed by atoms with van der Waals surface area (Å²) in [6, 6.07) is 9.57. The Bertz CT molecular complexity index is 1290. The van der Waals surface area contributed by atoms with Crippen LogP contribution in [-0.4, -0.2) is 45.7 Å². The van der Waals surface area contributed by atoms with Crippen LogP contribution in [0.3, 0.4) is 0 Å². The van der Waals surface area contributed by atoms with Crippen LogP contribution in [0.15, 0.2) is 53.2 Å². The zero-order valence-corrected chi connectivity index (χ0v) is 18.6. The number of hydrogen-bond donors (Lipinski definition) is 4. The van der Waals surface area contributed by atoms with Gasteiger partial charge in [-0.25, -0.2) is 4.98 Å². The second-order valence-corrected chi connectivity index (χ2v) is 8.82. The van der Waals surface area contributed by atoms with E-state index in [0.29, 0.717) is 18.0 Å². The van der Waals surface area contributed by atoms with Gasteiger partial charge in [-0.2, -0.15) is 18.3 Å². The molecule has 8 nitrogen and oxygen atoms in total. The lowest BCUT2D eigenvalue weighted by Gasteiger charge is -2.31. The number of rotatable bonds is 6. The fourth-order valence-corrected chi connectivity index (χ4v) is 4.11. The van der Waals surface area contributed by atoms with Gasteiger partial charge >= 0.3 is 6.18 Å². The number of carbonyl (C=O) groups is 1. The van der Waals surface area contributed by atoms with Crippen molar-refractivity contribution in [3.8, 4) is 11.1 Å². The number of aliphatic imine (C=N–C) groups is 1. The molecule has 0 spiro atoms. The molecule has 35 heavy (non-hydrogen) atoms. The van der Waals surface area contributed by atoms with Crippen LogP contribution in [0.1, 0.15) is 24.8 Å². The van der Waals surface area contributed by atoms with Crippen molar-refractivity contribution in [1.82, 2.24) is 25.8 Å². The Labute approximate surface area is 198 Å². The highest BCUT2D eigenvalue weighted by atomic mass is 19.4. The molecule has 182 valence electrons. The third kappa shape index (κ3) is 4.90. The molecule has 0 saturated heterocycles. The average molecular weight is 483 g/mol. The van der Waals surface area contributed by atoms with Gasteiger partial charge in [0.2, 0.25) is 5.91 Å². The van der Waals surface area contributed by atoms with Gasteiger partial charge in [0.25, 0.3) is 0 Å². The van der Waals surface area contributed by atoms with Crippen molar-refractivity contribution >= 4 is 29.0 Å². The fourth-order valence-electron chi connectivity index (χ4n) is 4.11. The summed E-state index contributed by atoms with van der Waals surface area (Å²) < 4.78 is 39.7. The van der Waals surface area contributed by atoms with E-state index >= 15 is 0 Å². The maximum Gasteiger partial charge on any atom is 0.417 e. The maximum atomic E-state index is 13.2. The third-order valence-corrected chi connectivity index (χ3v) is 6.40. The number of carbonyl (C=O) groups excluding carboxylic acids is 1. The predicted molar refractivity (Wildman–Crippen MR) is 126 cm³/mol. The van der Waals surface area contributed by atoms with E-state index in [0.717, 1.165) is 53.6 Å². The Balaban J connectivity index is 1.28. The molecule has 2 atom stereocenters. The third-order valence-electron chi connectivity index (χ3n) is 6.40. The van der Waals surface area contributed by atoms with Gasteiger partial charge in [-0.1, -0.05) is 30.3 Å². The van der Waals surface area contributed by atoms with Gasteiger partial charge in [0.1, 0.15) is 12.0 Å². The standard InChI is InChI=1S/C24H24F3N7O/c25-24(26,27)16-9-19(23(35)32-17-2-1-3-17)21(31-12-16)29-10-13-4-6-14(7-5-13)15-8-18-20(28)33-34-22(18)30-11-15/h4-9,11-12,17,19,21,29H,1-3,10H2,(H,32,35)(H3,28,30,33,34). The highest BCUT2D eigenvalue weighted by molar-refractivity contribution is 5.89. The molecule has 11 heteroatoms. The first-order chi connectivity index (χ1) is 16.8. The molecule has 0 radical (unpaired) electrons. The van der Waals surface area contributed by atoms with Crippen molar-refractivity contribution in [2.24, 2.45) is 10.9 Å². The number of anilines is 1. The monoisotopic (exact) mass is 483 g/mol. The van der Waals surface area contributed by atoms with Crippen LogP contribution in [0.25, 0.3) is 22.2 Å². The largest absolute Gasteiger partial charge is 0.417 e. The molecular weight excluding hydrogens is 459 g/mol. The lowest BCUT2D eigenvalue weighted by Crippen LogP contribution is -2.49. The number of benzene rings is 1. The highest BCUT2D eigenvalue weighted by Crippen LogP contribution is 2.30. The number of fused-ring (bicyclic) bond motifs is 1. The number of nitrogens with zero attached hydrogens (tertiary/aromatic N) is 3. The molecule has 1 fully saturated rings. The minimum absolute atomic E-state index is 0.0236. The molecule has 2 unspecified atom stereocenters. The Morgan fingerprint density at radius 3 is 2.63 bits per heavy atom. The quantitative estimate of drug-likeness (QED) is 0.428. The van der Waals surface area contributed by atoms with E-state index < -0.39 is 29.7 Å². The summed E-state index contributed by atoms with van der Waals surface area (Å²) in [4.78, 5) is 21.1. The zero-order chi connectivity index (χ0) is 24.6. The van der Waals surface area contributed by atoms with Crippen molar-refractivity contribution in [3.05, 3.63) is 53.7 Å². The lowest BCUT2D eigenvalue weighted by atomic mass is 9.91. The maximum absolute atomic E-state index is 13.2. The Morgan fingerprint density at radius 2 is 1.94 bits per heavy atom. The molecule has 1 aromatic carbocycles. The SMILES string of the molecule is Nc1[nH]nc2ncc(-c3ccc(CNC4N=CC(C(F)(F)F)=CC4C(=O)NC4CCC4)cc3)cc12. The van der Waals surface area contributed by atoms with Crippen LogP contribution >= 0.6 is 0 Å². The number of hydrogen-bond acceptors (Lipinski definition) is 6. The van der Waals surface area contributed by atoms with Crippen LogP contribution in [0.2, 0.25) is 0 Å². The Morgan fingerprint density at radius 1 is 1.17 bits per heavy atom. The number of H-pyrrole nitrogens is 1. The number of nitrogens with one attached hydrogen (secondary N) is 3. The Kier molecular flexibility index (Phi) is 6.01. The van der Waals surface area contributed by atoms with Gasteiger partial charge in [-0.05, 0) is 36.5 Å². The van der Waals surface area contributed by atoms with Crippen molar-refractivity contribution in [3.63, 3.8) is 0 Å². The molecule has 0 bridgehead atoms. The smallest absolute Gasteiger partial charge is 0.384 e. The van der Waals surface area contributed by atoms with E-state index in [-0.39, 0.29) is 6.04 Å². The summed E-state index contributed by atoms with van der Waals surface area (Å²) in [7, 11) is 0. The van der Waals surface area contributed by atoms with Crippen molar-refractivity contribution in [2.75, 3.05) is 5.73 Å². The summed E-state index contributed by atoms with van der Waals surface area (Å²) in [5, 5.41) is 13.4. The van der Waals surface area contributed by atoms with Gasteiger partial charge in [-0.3, -0.25) is 20.2 Å². The van der Waals surface area contributed by atoms with Crippen molar-refractivity contribution in [1.29, 1.82) is 0 Å².